The molecular formula is C25H23N7O3S2. The highest BCUT2D eigenvalue weighted by Gasteiger charge is 2.41. The molecule has 2 aromatic heterocycles. The fraction of sp³-hybridized carbons (Fsp3) is 0.280. The molecule has 0 radical (unpaired) electrons. The molecular weight excluding hydrogens is 510 g/mol. The van der Waals surface area contributed by atoms with Crippen molar-refractivity contribution in [1.29, 1.82) is 5.26 Å². The number of aryl methyl sites for hydroxylation is 2. The Morgan fingerprint density at radius 3 is 2.86 bits per heavy atom. The molecule has 10 nitrogen and oxygen atoms in total. The molecule has 1 amide bonds. The summed E-state index contributed by atoms with van der Waals surface area (Å²) in [5, 5.41) is 25.5. The molecule has 37 heavy (non-hydrogen) atoms. The number of Topliss-reactive ketones (excluding diaryl/α,β-unsaturated/α-hetero) is 1. The number of thioether (sulfide) groups is 1. The maximum Gasteiger partial charge on any atom is 0.236 e. The molecule has 3 N–H and O–H groups in total. The second-order valence-electron chi connectivity index (χ2n) is 8.68. The van der Waals surface area contributed by atoms with Crippen LogP contribution in [0.15, 0.2) is 61.9 Å². The number of ketones is 1. The number of nitrogens with zero attached hydrogens (tertiary/aromatic N) is 5. The SMILES string of the molecule is Cc1cc(NC(=O)CSc2nnc(N3C(N)=C(C#N)C(c4ccccc4C)C4=C3CCCC4=O)s2)no1. The van der Waals surface area contributed by atoms with Crippen LogP contribution in [-0.4, -0.2) is 32.8 Å². The van der Waals surface area contributed by atoms with Gasteiger partial charge in [0.15, 0.2) is 15.9 Å². The van der Waals surface area contributed by atoms with Crippen molar-refractivity contribution in [3.8, 4) is 6.07 Å². The van der Waals surface area contributed by atoms with Crippen molar-refractivity contribution >= 4 is 45.7 Å². The van der Waals surface area contributed by atoms with Gasteiger partial charge in [0.2, 0.25) is 11.0 Å². The molecule has 3 aromatic rings. The molecule has 5 rings (SSSR count). The minimum absolute atomic E-state index is 0.0126. The molecule has 1 atom stereocenters. The van der Waals surface area contributed by atoms with Crippen LogP contribution in [0.5, 0.6) is 0 Å². The van der Waals surface area contributed by atoms with Gasteiger partial charge in [0, 0.05) is 23.8 Å². The maximum absolute atomic E-state index is 13.3. The van der Waals surface area contributed by atoms with Crippen molar-refractivity contribution in [1.82, 2.24) is 15.4 Å². The van der Waals surface area contributed by atoms with E-state index in [2.05, 4.69) is 26.7 Å². The summed E-state index contributed by atoms with van der Waals surface area (Å²) in [5.74, 6) is 0.520. The van der Waals surface area contributed by atoms with Crippen LogP contribution in [0.3, 0.4) is 0 Å². The summed E-state index contributed by atoms with van der Waals surface area (Å²) < 4.78 is 5.51. The second kappa shape index (κ2) is 10.2. The molecule has 1 aliphatic carbocycles. The lowest BCUT2D eigenvalue weighted by atomic mass is 9.75. The van der Waals surface area contributed by atoms with Gasteiger partial charge in [0.25, 0.3) is 0 Å². The third kappa shape index (κ3) is 4.75. The molecule has 0 saturated heterocycles. The fourth-order valence-corrected chi connectivity index (χ4v) is 6.29. The minimum atomic E-state index is -0.518. The van der Waals surface area contributed by atoms with E-state index >= 15 is 0 Å². The summed E-state index contributed by atoms with van der Waals surface area (Å²) in [5.41, 5.74) is 10.2. The summed E-state index contributed by atoms with van der Waals surface area (Å²) in [6, 6.07) is 11.6. The minimum Gasteiger partial charge on any atom is -0.384 e. The van der Waals surface area contributed by atoms with Crippen LogP contribution in [0.25, 0.3) is 0 Å². The van der Waals surface area contributed by atoms with E-state index in [-0.39, 0.29) is 23.3 Å². The predicted molar refractivity (Wildman–Crippen MR) is 140 cm³/mol. The number of aromatic nitrogens is 3. The van der Waals surface area contributed by atoms with Crippen LogP contribution in [0.2, 0.25) is 0 Å². The van der Waals surface area contributed by atoms with Gasteiger partial charge in [-0.3, -0.25) is 14.5 Å². The normalized spacial score (nSPS) is 17.6. The van der Waals surface area contributed by atoms with Crippen LogP contribution in [0.4, 0.5) is 10.9 Å². The highest BCUT2D eigenvalue weighted by atomic mass is 32.2. The number of benzene rings is 1. The van der Waals surface area contributed by atoms with Gasteiger partial charge in [0.1, 0.15) is 11.6 Å². The van der Waals surface area contributed by atoms with Gasteiger partial charge in [-0.15, -0.1) is 10.2 Å². The van der Waals surface area contributed by atoms with E-state index in [4.69, 9.17) is 10.3 Å². The molecule has 1 unspecified atom stereocenters. The number of carbonyl (C=O) groups excluding carboxylic acids is 2. The van der Waals surface area contributed by atoms with Crippen LogP contribution >= 0.6 is 23.1 Å². The van der Waals surface area contributed by atoms with Crippen LogP contribution < -0.4 is 16.0 Å². The summed E-state index contributed by atoms with van der Waals surface area (Å²) in [7, 11) is 0. The number of rotatable bonds is 6. The average molecular weight is 534 g/mol. The Kier molecular flexibility index (Phi) is 6.82. The second-order valence-corrected chi connectivity index (χ2v) is 10.9. The summed E-state index contributed by atoms with van der Waals surface area (Å²) in [6.07, 6.45) is 1.74. The molecule has 2 aliphatic rings. The van der Waals surface area contributed by atoms with Crippen molar-refractivity contribution in [2.24, 2.45) is 5.73 Å². The third-order valence-electron chi connectivity index (χ3n) is 6.22. The highest BCUT2D eigenvalue weighted by molar-refractivity contribution is 8.01. The first-order valence-electron chi connectivity index (χ1n) is 11.6. The standard InChI is InChI=1S/C25H23N7O3S2/c1-13-6-3-4-7-15(13)21-16(11-26)23(27)32(17-8-5-9-18(33)22(17)21)24-29-30-25(37-24)36-12-20(34)28-19-10-14(2)35-31-19/h3-4,6-7,10,21H,5,8-9,12,27H2,1-2H3,(H,28,31,34). The van der Waals surface area contributed by atoms with Crippen molar-refractivity contribution in [2.75, 3.05) is 16.0 Å². The number of hydrogen-bond donors (Lipinski definition) is 2. The number of carbonyl (C=O) groups is 2. The van der Waals surface area contributed by atoms with E-state index < -0.39 is 5.92 Å². The predicted octanol–water partition coefficient (Wildman–Crippen LogP) is 4.18. The number of allylic oxidation sites excluding steroid dienone is 3. The monoisotopic (exact) mass is 533 g/mol. The van der Waals surface area contributed by atoms with Gasteiger partial charge in [-0.2, -0.15) is 5.26 Å². The number of anilines is 2. The van der Waals surface area contributed by atoms with Gasteiger partial charge in [-0.25, -0.2) is 0 Å². The van der Waals surface area contributed by atoms with Gasteiger partial charge in [0.05, 0.1) is 23.3 Å². The molecule has 0 spiro atoms. The third-order valence-corrected chi connectivity index (χ3v) is 8.26. The quantitative estimate of drug-likeness (QED) is 0.442. The molecule has 0 saturated carbocycles. The Morgan fingerprint density at radius 2 is 2.14 bits per heavy atom. The van der Waals surface area contributed by atoms with Crippen molar-refractivity contribution in [3.63, 3.8) is 0 Å². The number of amides is 1. The first-order chi connectivity index (χ1) is 17.9. The zero-order chi connectivity index (χ0) is 26.1. The number of hydrogen-bond acceptors (Lipinski definition) is 11. The zero-order valence-corrected chi connectivity index (χ0v) is 21.8. The van der Waals surface area contributed by atoms with E-state index in [0.717, 1.165) is 16.8 Å². The number of nitrogens with two attached hydrogens (primary N) is 1. The lowest BCUT2D eigenvalue weighted by Gasteiger charge is -2.38. The Labute approximate surface area is 221 Å². The average Bonchev–Trinajstić information content (AvgIpc) is 3.51. The number of nitriles is 1. The molecule has 188 valence electrons. The molecule has 1 aliphatic heterocycles. The highest BCUT2D eigenvalue weighted by Crippen LogP contribution is 2.47. The summed E-state index contributed by atoms with van der Waals surface area (Å²) in [6.45, 7) is 3.71. The first-order valence-corrected chi connectivity index (χ1v) is 13.4. The fourth-order valence-electron chi connectivity index (χ4n) is 4.61. The van der Waals surface area contributed by atoms with E-state index in [9.17, 15) is 14.9 Å². The summed E-state index contributed by atoms with van der Waals surface area (Å²) in [4.78, 5) is 27.2. The van der Waals surface area contributed by atoms with Crippen molar-refractivity contribution in [2.45, 2.75) is 43.4 Å². The molecule has 0 bridgehead atoms. The van der Waals surface area contributed by atoms with Gasteiger partial charge >= 0.3 is 0 Å². The molecule has 3 heterocycles. The maximum atomic E-state index is 13.3. The lowest BCUT2D eigenvalue weighted by molar-refractivity contribution is -0.116. The molecule has 0 fully saturated rings. The van der Waals surface area contributed by atoms with E-state index in [0.29, 0.717) is 51.5 Å². The molecule has 12 heteroatoms. The van der Waals surface area contributed by atoms with Crippen LogP contribution in [0.1, 0.15) is 42.1 Å². The largest absolute Gasteiger partial charge is 0.384 e. The van der Waals surface area contributed by atoms with Gasteiger partial charge < -0.3 is 15.6 Å². The van der Waals surface area contributed by atoms with Crippen LogP contribution in [-0.2, 0) is 9.59 Å². The van der Waals surface area contributed by atoms with E-state index in [1.165, 1.54) is 23.1 Å². The summed E-state index contributed by atoms with van der Waals surface area (Å²) >= 11 is 2.47. The van der Waals surface area contributed by atoms with Crippen molar-refractivity contribution < 1.29 is 14.1 Å². The smallest absolute Gasteiger partial charge is 0.236 e. The molecule has 1 aromatic carbocycles. The topological polar surface area (TPSA) is 151 Å². The Hall–Kier alpha value is -3.95. The Morgan fingerprint density at radius 1 is 1.32 bits per heavy atom. The van der Waals surface area contributed by atoms with Crippen molar-refractivity contribution in [3.05, 3.63) is 69.9 Å². The van der Waals surface area contributed by atoms with E-state index in [1.54, 1.807) is 17.9 Å². The Bertz CT molecular complexity index is 1500. The van der Waals surface area contributed by atoms with E-state index in [1.807, 2.05) is 31.2 Å². The van der Waals surface area contributed by atoms with Gasteiger partial charge in [-0.1, -0.05) is 52.5 Å². The lowest BCUT2D eigenvalue weighted by Crippen LogP contribution is -2.38. The Balaban J connectivity index is 1.44. The van der Waals surface area contributed by atoms with Gasteiger partial charge in [-0.05, 0) is 37.8 Å². The number of nitrogens with one attached hydrogen (secondary N) is 1. The first kappa shape index (κ1) is 24.7. The van der Waals surface area contributed by atoms with Crippen LogP contribution in [0, 0.1) is 25.2 Å². The zero-order valence-electron chi connectivity index (χ0n) is 20.1.